The normalized spacial score (nSPS) is 10.6. The van der Waals surface area contributed by atoms with Gasteiger partial charge in [0.2, 0.25) is 5.91 Å². The Bertz CT molecular complexity index is 549. The Hall–Kier alpha value is -2.24. The average Bonchev–Trinajstić information content (AvgIpc) is 2.68. The minimum Gasteiger partial charge on any atom is -0.423 e. The van der Waals surface area contributed by atoms with E-state index in [1.54, 1.807) is 23.1 Å². The van der Waals surface area contributed by atoms with Crippen molar-refractivity contribution >= 4 is 28.7 Å². The first-order chi connectivity index (χ1) is 8.10. The number of aromatic nitrogens is 1. The van der Waals surface area contributed by atoms with Crippen LogP contribution in [0.4, 0.5) is 11.7 Å². The number of rotatable bonds is 4. The number of anilines is 2. The van der Waals surface area contributed by atoms with E-state index in [1.165, 1.54) is 0 Å². The maximum absolute atomic E-state index is 10.9. The van der Waals surface area contributed by atoms with Gasteiger partial charge in [-0.15, -0.1) is 0 Å². The first-order valence-corrected chi connectivity index (χ1v) is 5.29. The van der Waals surface area contributed by atoms with Crippen LogP contribution in [0.3, 0.4) is 0 Å². The third kappa shape index (κ3) is 2.30. The largest absolute Gasteiger partial charge is 0.423 e. The fraction of sp³-hybridized carbons (Fsp3) is 0.273. The van der Waals surface area contributed by atoms with Crippen molar-refractivity contribution in [2.45, 2.75) is 6.92 Å². The Kier molecular flexibility index (Phi) is 2.86. The summed E-state index contributed by atoms with van der Waals surface area (Å²) in [6, 6.07) is 5.59. The summed E-state index contributed by atoms with van der Waals surface area (Å²) in [7, 11) is 0. The molecule has 0 saturated carbocycles. The van der Waals surface area contributed by atoms with Crippen LogP contribution in [0.15, 0.2) is 22.6 Å². The molecule has 1 aromatic carbocycles. The van der Waals surface area contributed by atoms with Gasteiger partial charge in [0.05, 0.1) is 0 Å². The number of nitrogen functional groups attached to an aromatic ring is 1. The van der Waals surface area contributed by atoms with Gasteiger partial charge in [-0.2, -0.15) is 4.98 Å². The van der Waals surface area contributed by atoms with Crippen LogP contribution >= 0.6 is 0 Å². The number of oxazole rings is 1. The van der Waals surface area contributed by atoms with Crippen molar-refractivity contribution in [1.29, 1.82) is 0 Å². The standard InChI is InChI=1S/C11H14N4O2/c1-2-15(6-10(13)16)11-14-8-5-7(12)3-4-9(8)17-11/h3-5H,2,6,12H2,1H3,(H2,13,16). The molecule has 0 spiro atoms. The maximum atomic E-state index is 10.9. The lowest BCUT2D eigenvalue weighted by Gasteiger charge is -2.15. The predicted octanol–water partition coefficient (Wildman–Crippen LogP) is 0.722. The quantitative estimate of drug-likeness (QED) is 0.759. The fourth-order valence-electron chi connectivity index (χ4n) is 1.57. The predicted molar refractivity (Wildman–Crippen MR) is 65.5 cm³/mol. The molecule has 1 aromatic heterocycles. The topological polar surface area (TPSA) is 98.4 Å². The molecule has 0 bridgehead atoms. The van der Waals surface area contributed by atoms with E-state index in [0.717, 1.165) is 0 Å². The van der Waals surface area contributed by atoms with Crippen molar-refractivity contribution in [3.63, 3.8) is 0 Å². The molecule has 17 heavy (non-hydrogen) atoms. The fourth-order valence-corrected chi connectivity index (χ4v) is 1.57. The number of carbonyl (C=O) groups excluding carboxylic acids is 1. The molecule has 0 aliphatic heterocycles. The number of benzene rings is 1. The zero-order valence-electron chi connectivity index (χ0n) is 9.51. The number of carbonyl (C=O) groups is 1. The highest BCUT2D eigenvalue weighted by Crippen LogP contribution is 2.23. The van der Waals surface area contributed by atoms with Gasteiger partial charge in [-0.25, -0.2) is 0 Å². The van der Waals surface area contributed by atoms with Gasteiger partial charge >= 0.3 is 0 Å². The van der Waals surface area contributed by atoms with E-state index < -0.39 is 5.91 Å². The van der Waals surface area contributed by atoms with Gasteiger partial charge in [-0.3, -0.25) is 4.79 Å². The van der Waals surface area contributed by atoms with E-state index in [9.17, 15) is 4.79 Å². The number of likely N-dealkylation sites (N-methyl/N-ethyl adjacent to an activating group) is 1. The van der Waals surface area contributed by atoms with Crippen LogP contribution in [-0.4, -0.2) is 24.0 Å². The van der Waals surface area contributed by atoms with E-state index in [2.05, 4.69) is 4.98 Å². The Morgan fingerprint density at radius 1 is 1.53 bits per heavy atom. The zero-order chi connectivity index (χ0) is 12.4. The van der Waals surface area contributed by atoms with Crippen LogP contribution in [0.5, 0.6) is 0 Å². The minimum atomic E-state index is -0.423. The number of nitrogens with zero attached hydrogens (tertiary/aromatic N) is 2. The number of hydrogen-bond acceptors (Lipinski definition) is 5. The molecule has 0 radical (unpaired) electrons. The number of hydrogen-bond donors (Lipinski definition) is 2. The van der Waals surface area contributed by atoms with Gasteiger partial charge in [0.15, 0.2) is 5.58 Å². The summed E-state index contributed by atoms with van der Waals surface area (Å²) in [5.41, 5.74) is 12.7. The monoisotopic (exact) mass is 234 g/mol. The lowest BCUT2D eigenvalue weighted by molar-refractivity contribution is -0.116. The van der Waals surface area contributed by atoms with Gasteiger partial charge in [0.25, 0.3) is 6.01 Å². The van der Waals surface area contributed by atoms with Crippen LogP contribution in [0, 0.1) is 0 Å². The molecule has 90 valence electrons. The molecule has 0 unspecified atom stereocenters. The average molecular weight is 234 g/mol. The van der Waals surface area contributed by atoms with E-state index in [1.807, 2.05) is 6.92 Å². The first-order valence-electron chi connectivity index (χ1n) is 5.29. The molecular formula is C11H14N4O2. The Morgan fingerprint density at radius 2 is 2.29 bits per heavy atom. The molecular weight excluding hydrogens is 220 g/mol. The highest BCUT2D eigenvalue weighted by Gasteiger charge is 2.14. The molecule has 0 fully saturated rings. The molecule has 0 atom stereocenters. The second-order valence-electron chi connectivity index (χ2n) is 3.70. The van der Waals surface area contributed by atoms with E-state index >= 15 is 0 Å². The van der Waals surface area contributed by atoms with Crippen molar-refractivity contribution in [3.05, 3.63) is 18.2 Å². The summed E-state index contributed by atoms with van der Waals surface area (Å²) >= 11 is 0. The Morgan fingerprint density at radius 3 is 2.94 bits per heavy atom. The highest BCUT2D eigenvalue weighted by molar-refractivity contribution is 5.81. The molecule has 0 aliphatic rings. The van der Waals surface area contributed by atoms with Gasteiger partial charge in [-0.05, 0) is 25.1 Å². The van der Waals surface area contributed by atoms with Crippen molar-refractivity contribution in [2.24, 2.45) is 5.73 Å². The van der Waals surface area contributed by atoms with Crippen LogP contribution < -0.4 is 16.4 Å². The molecule has 6 nitrogen and oxygen atoms in total. The van der Waals surface area contributed by atoms with Crippen molar-refractivity contribution < 1.29 is 9.21 Å². The summed E-state index contributed by atoms with van der Waals surface area (Å²) in [4.78, 5) is 16.8. The third-order valence-electron chi connectivity index (χ3n) is 2.40. The van der Waals surface area contributed by atoms with Crippen molar-refractivity contribution in [3.8, 4) is 0 Å². The molecule has 4 N–H and O–H groups in total. The Balaban J connectivity index is 2.37. The summed E-state index contributed by atoms with van der Waals surface area (Å²) in [5.74, 6) is -0.423. The number of amides is 1. The summed E-state index contributed by atoms with van der Waals surface area (Å²) in [6.45, 7) is 2.57. The second kappa shape index (κ2) is 4.32. The Labute approximate surface area is 98.2 Å². The smallest absolute Gasteiger partial charge is 0.298 e. The van der Waals surface area contributed by atoms with Crippen LogP contribution in [0.25, 0.3) is 11.1 Å². The summed E-state index contributed by atoms with van der Waals surface area (Å²) in [5, 5.41) is 0. The lowest BCUT2D eigenvalue weighted by atomic mass is 10.3. The van der Waals surface area contributed by atoms with Crippen molar-refractivity contribution in [2.75, 3.05) is 23.7 Å². The third-order valence-corrected chi connectivity index (χ3v) is 2.40. The van der Waals surface area contributed by atoms with Gasteiger partial charge in [-0.1, -0.05) is 0 Å². The summed E-state index contributed by atoms with van der Waals surface area (Å²) in [6.07, 6.45) is 0. The molecule has 0 aliphatic carbocycles. The van der Waals surface area contributed by atoms with E-state index in [4.69, 9.17) is 15.9 Å². The zero-order valence-corrected chi connectivity index (χ0v) is 9.51. The molecule has 1 amide bonds. The van der Waals surface area contributed by atoms with Crippen LogP contribution in [0.2, 0.25) is 0 Å². The number of nitrogens with two attached hydrogens (primary N) is 2. The SMILES string of the molecule is CCN(CC(N)=O)c1nc2cc(N)ccc2o1. The van der Waals surface area contributed by atoms with Crippen LogP contribution in [-0.2, 0) is 4.79 Å². The molecule has 6 heteroatoms. The lowest BCUT2D eigenvalue weighted by Crippen LogP contribution is -2.33. The van der Waals surface area contributed by atoms with Gasteiger partial charge in [0.1, 0.15) is 12.1 Å². The number of primary amides is 1. The second-order valence-corrected chi connectivity index (χ2v) is 3.70. The van der Waals surface area contributed by atoms with E-state index in [-0.39, 0.29) is 6.54 Å². The van der Waals surface area contributed by atoms with Crippen molar-refractivity contribution in [1.82, 2.24) is 4.98 Å². The molecule has 2 aromatic rings. The number of fused-ring (bicyclic) bond motifs is 1. The van der Waals surface area contributed by atoms with Crippen LogP contribution in [0.1, 0.15) is 6.92 Å². The molecule has 1 heterocycles. The maximum Gasteiger partial charge on any atom is 0.298 e. The highest BCUT2D eigenvalue weighted by atomic mass is 16.4. The summed E-state index contributed by atoms with van der Waals surface area (Å²) < 4.78 is 5.53. The molecule has 2 rings (SSSR count). The first kappa shape index (κ1) is 11.3. The molecule has 0 saturated heterocycles. The minimum absolute atomic E-state index is 0.0821. The van der Waals surface area contributed by atoms with Gasteiger partial charge < -0.3 is 20.8 Å². The van der Waals surface area contributed by atoms with E-state index in [0.29, 0.717) is 29.3 Å². The van der Waals surface area contributed by atoms with Gasteiger partial charge in [0, 0.05) is 12.2 Å².